The fourth-order valence-corrected chi connectivity index (χ4v) is 3.33. The third-order valence-electron chi connectivity index (χ3n) is 4.71. The van der Waals surface area contributed by atoms with E-state index in [4.69, 9.17) is 9.47 Å². The number of morpholine rings is 1. The first kappa shape index (κ1) is 17.7. The summed E-state index contributed by atoms with van der Waals surface area (Å²) in [5.74, 6) is -0.390. The van der Waals surface area contributed by atoms with Gasteiger partial charge in [-0.25, -0.2) is 0 Å². The van der Waals surface area contributed by atoms with Crippen LogP contribution in [0.5, 0.6) is 0 Å². The third kappa shape index (κ3) is 4.49. The Bertz CT molecular complexity index is 599. The molecule has 3 rings (SSSR count). The average Bonchev–Trinajstić information content (AvgIpc) is 2.63. The molecule has 2 aliphatic heterocycles. The van der Waals surface area contributed by atoms with Crippen molar-refractivity contribution >= 4 is 23.2 Å². The van der Waals surface area contributed by atoms with Crippen molar-refractivity contribution in [2.45, 2.75) is 18.9 Å². The highest BCUT2D eigenvalue weighted by molar-refractivity contribution is 5.94. The van der Waals surface area contributed by atoms with Crippen LogP contribution >= 0.6 is 0 Å². The minimum Gasteiger partial charge on any atom is -0.383 e. The molecule has 2 aliphatic rings. The number of carbonyl (C=O) groups excluding carboxylic acids is 2. The molecule has 0 spiro atoms. The minimum atomic E-state index is -0.281. The second kappa shape index (κ2) is 8.31. The molecular formula is C18H25N3O4. The summed E-state index contributed by atoms with van der Waals surface area (Å²) in [6.45, 7) is 3.58. The predicted molar refractivity (Wildman–Crippen MR) is 94.6 cm³/mol. The average molecular weight is 347 g/mol. The number of piperidine rings is 1. The number of ether oxygens (including phenoxy) is 2. The summed E-state index contributed by atoms with van der Waals surface area (Å²) < 4.78 is 10.5. The van der Waals surface area contributed by atoms with Gasteiger partial charge < -0.3 is 25.0 Å². The highest BCUT2D eigenvalue weighted by Crippen LogP contribution is 2.22. The van der Waals surface area contributed by atoms with Gasteiger partial charge >= 0.3 is 0 Å². The molecule has 2 saturated heterocycles. The van der Waals surface area contributed by atoms with Gasteiger partial charge in [-0.05, 0) is 30.7 Å². The number of benzene rings is 1. The predicted octanol–water partition coefficient (Wildman–Crippen LogP) is 1.00. The molecule has 136 valence electrons. The summed E-state index contributed by atoms with van der Waals surface area (Å²) in [7, 11) is 1.57. The van der Waals surface area contributed by atoms with Gasteiger partial charge in [0.05, 0.1) is 31.8 Å². The second-order valence-corrected chi connectivity index (χ2v) is 6.41. The Balaban J connectivity index is 1.60. The summed E-state index contributed by atoms with van der Waals surface area (Å²) >= 11 is 0. The van der Waals surface area contributed by atoms with Gasteiger partial charge in [0.25, 0.3) is 0 Å². The first-order valence-corrected chi connectivity index (χ1v) is 8.69. The van der Waals surface area contributed by atoms with Crippen molar-refractivity contribution in [1.29, 1.82) is 0 Å². The highest BCUT2D eigenvalue weighted by atomic mass is 16.5. The normalized spacial score (nSPS) is 23.9. The van der Waals surface area contributed by atoms with E-state index in [1.165, 1.54) is 0 Å². The second-order valence-electron chi connectivity index (χ2n) is 6.41. The van der Waals surface area contributed by atoms with Crippen LogP contribution in [0.25, 0.3) is 0 Å². The lowest BCUT2D eigenvalue weighted by atomic mass is 9.90. The van der Waals surface area contributed by atoms with Gasteiger partial charge in [0, 0.05) is 38.0 Å². The molecule has 0 aliphatic carbocycles. The first-order chi connectivity index (χ1) is 12.2. The van der Waals surface area contributed by atoms with Gasteiger partial charge in [-0.2, -0.15) is 0 Å². The van der Waals surface area contributed by atoms with E-state index in [0.717, 1.165) is 37.7 Å². The summed E-state index contributed by atoms with van der Waals surface area (Å²) in [5.41, 5.74) is 1.89. The van der Waals surface area contributed by atoms with Gasteiger partial charge in [-0.3, -0.25) is 9.59 Å². The van der Waals surface area contributed by atoms with E-state index in [2.05, 4.69) is 15.5 Å². The summed E-state index contributed by atoms with van der Waals surface area (Å²) in [6, 6.07) is 7.57. The Morgan fingerprint density at radius 1 is 1.32 bits per heavy atom. The Morgan fingerprint density at radius 3 is 2.72 bits per heavy atom. The molecule has 7 nitrogen and oxygen atoms in total. The Morgan fingerprint density at radius 2 is 2.04 bits per heavy atom. The van der Waals surface area contributed by atoms with E-state index in [1.807, 2.05) is 24.3 Å². The maximum Gasteiger partial charge on any atom is 0.229 e. The standard InChI is InChI=1S/C18H25N3O4/c1-24-12-16-15(6-7-17(22)20-16)18(23)19-13-2-4-14(5-3-13)21-8-10-25-11-9-21/h2-5,15-16H,6-12H2,1H3,(H,19,23)(H,20,22)/t15-,16-/m1/s1. The van der Waals surface area contributed by atoms with Crippen molar-refractivity contribution in [2.75, 3.05) is 50.2 Å². The number of nitrogens with one attached hydrogen (secondary N) is 2. The van der Waals surface area contributed by atoms with Crippen molar-refractivity contribution in [3.63, 3.8) is 0 Å². The fraction of sp³-hybridized carbons (Fsp3) is 0.556. The zero-order valence-electron chi connectivity index (χ0n) is 14.5. The van der Waals surface area contributed by atoms with Crippen LogP contribution in [-0.2, 0) is 19.1 Å². The summed E-state index contributed by atoms with van der Waals surface area (Å²) in [6.07, 6.45) is 0.909. The van der Waals surface area contributed by atoms with E-state index in [0.29, 0.717) is 19.4 Å². The van der Waals surface area contributed by atoms with Crippen LogP contribution in [0.2, 0.25) is 0 Å². The fourth-order valence-electron chi connectivity index (χ4n) is 3.33. The molecule has 2 N–H and O–H groups in total. The van der Waals surface area contributed by atoms with Gasteiger partial charge in [-0.15, -0.1) is 0 Å². The molecule has 2 atom stereocenters. The van der Waals surface area contributed by atoms with Crippen LogP contribution in [0.3, 0.4) is 0 Å². The molecule has 0 radical (unpaired) electrons. The monoisotopic (exact) mass is 347 g/mol. The van der Waals surface area contributed by atoms with Crippen molar-refractivity contribution in [1.82, 2.24) is 5.32 Å². The van der Waals surface area contributed by atoms with Crippen LogP contribution in [0.4, 0.5) is 11.4 Å². The molecule has 2 amide bonds. The Hall–Kier alpha value is -2.12. The first-order valence-electron chi connectivity index (χ1n) is 8.69. The van der Waals surface area contributed by atoms with Crippen molar-refractivity contribution in [3.05, 3.63) is 24.3 Å². The van der Waals surface area contributed by atoms with Gasteiger partial charge in [-0.1, -0.05) is 0 Å². The third-order valence-corrected chi connectivity index (χ3v) is 4.71. The van der Waals surface area contributed by atoms with Crippen LogP contribution in [0, 0.1) is 5.92 Å². The number of nitrogens with zero attached hydrogens (tertiary/aromatic N) is 1. The smallest absolute Gasteiger partial charge is 0.229 e. The largest absolute Gasteiger partial charge is 0.383 e. The quantitative estimate of drug-likeness (QED) is 0.831. The van der Waals surface area contributed by atoms with E-state index in [9.17, 15) is 9.59 Å². The molecule has 1 aromatic rings. The molecule has 2 heterocycles. The zero-order chi connectivity index (χ0) is 17.6. The number of hydrogen-bond donors (Lipinski definition) is 2. The van der Waals surface area contributed by atoms with Gasteiger partial charge in [0.15, 0.2) is 0 Å². The number of anilines is 2. The van der Waals surface area contributed by atoms with E-state index in [1.54, 1.807) is 7.11 Å². The Kier molecular flexibility index (Phi) is 5.88. The number of amides is 2. The lowest BCUT2D eigenvalue weighted by molar-refractivity contribution is -0.129. The molecule has 25 heavy (non-hydrogen) atoms. The molecule has 0 bridgehead atoms. The van der Waals surface area contributed by atoms with Crippen molar-refractivity contribution in [2.24, 2.45) is 5.92 Å². The maximum absolute atomic E-state index is 12.6. The van der Waals surface area contributed by atoms with Crippen LogP contribution in [-0.4, -0.2) is 57.9 Å². The molecule has 0 saturated carbocycles. The van der Waals surface area contributed by atoms with Crippen molar-refractivity contribution < 1.29 is 19.1 Å². The minimum absolute atomic E-state index is 0.0269. The van der Waals surface area contributed by atoms with Crippen LogP contribution in [0.15, 0.2) is 24.3 Å². The molecular weight excluding hydrogens is 322 g/mol. The van der Waals surface area contributed by atoms with Crippen LogP contribution in [0.1, 0.15) is 12.8 Å². The number of carbonyl (C=O) groups is 2. The molecule has 1 aromatic carbocycles. The lowest BCUT2D eigenvalue weighted by Crippen LogP contribution is -2.51. The number of rotatable bonds is 5. The summed E-state index contributed by atoms with van der Waals surface area (Å²) in [5, 5.41) is 5.80. The van der Waals surface area contributed by atoms with Crippen molar-refractivity contribution in [3.8, 4) is 0 Å². The maximum atomic E-state index is 12.6. The Labute approximate surface area is 147 Å². The molecule has 7 heteroatoms. The number of methoxy groups -OCH3 is 1. The zero-order valence-corrected chi connectivity index (χ0v) is 14.5. The van der Waals surface area contributed by atoms with E-state index in [-0.39, 0.29) is 23.8 Å². The van der Waals surface area contributed by atoms with Gasteiger partial charge in [0.2, 0.25) is 11.8 Å². The summed E-state index contributed by atoms with van der Waals surface area (Å²) in [4.78, 5) is 26.4. The highest BCUT2D eigenvalue weighted by Gasteiger charge is 2.33. The lowest BCUT2D eigenvalue weighted by Gasteiger charge is -2.31. The topological polar surface area (TPSA) is 79.9 Å². The van der Waals surface area contributed by atoms with E-state index >= 15 is 0 Å². The molecule has 2 fully saturated rings. The van der Waals surface area contributed by atoms with Gasteiger partial charge in [0.1, 0.15) is 0 Å². The van der Waals surface area contributed by atoms with Crippen LogP contribution < -0.4 is 15.5 Å². The SMILES string of the molecule is COC[C@H]1NC(=O)CC[C@H]1C(=O)Nc1ccc(N2CCOCC2)cc1. The molecule has 0 unspecified atom stereocenters. The number of hydrogen-bond acceptors (Lipinski definition) is 5. The van der Waals surface area contributed by atoms with E-state index < -0.39 is 0 Å². The molecule has 0 aromatic heterocycles.